The lowest BCUT2D eigenvalue weighted by Crippen LogP contribution is -2.17. The number of rotatable bonds is 4. The number of hydrogen-bond acceptors (Lipinski definition) is 4. The van der Waals surface area contributed by atoms with E-state index < -0.39 is 0 Å². The predicted molar refractivity (Wildman–Crippen MR) is 65.2 cm³/mol. The molecule has 1 N–H and O–H groups in total. The van der Waals surface area contributed by atoms with Crippen LogP contribution in [-0.2, 0) is 6.54 Å². The van der Waals surface area contributed by atoms with Crippen LogP contribution >= 0.6 is 11.3 Å². The molecule has 0 aromatic carbocycles. The van der Waals surface area contributed by atoms with Gasteiger partial charge in [-0.25, -0.2) is 9.97 Å². The molecule has 1 aliphatic carbocycles. The lowest BCUT2D eigenvalue weighted by atomic mass is 10.3. The second-order valence-corrected chi connectivity index (χ2v) is 4.94. The van der Waals surface area contributed by atoms with Gasteiger partial charge in [-0.2, -0.15) is 0 Å². The Morgan fingerprint density at radius 3 is 3.06 bits per heavy atom. The molecular weight excluding hydrogens is 218 g/mol. The van der Waals surface area contributed by atoms with Crippen LogP contribution in [0.15, 0.2) is 29.8 Å². The predicted octanol–water partition coefficient (Wildman–Crippen LogP) is 2.46. The highest BCUT2D eigenvalue weighted by atomic mass is 32.1. The third-order valence-electron chi connectivity index (χ3n) is 2.61. The average molecular weight is 231 g/mol. The van der Waals surface area contributed by atoms with E-state index in [1.54, 1.807) is 11.3 Å². The average Bonchev–Trinajstić information content (AvgIpc) is 2.99. The lowest BCUT2D eigenvalue weighted by molar-refractivity contribution is 0.658. The third-order valence-corrected chi connectivity index (χ3v) is 3.50. The van der Waals surface area contributed by atoms with Crippen LogP contribution < -0.4 is 5.32 Å². The van der Waals surface area contributed by atoms with E-state index in [0.29, 0.717) is 6.04 Å². The van der Waals surface area contributed by atoms with Gasteiger partial charge < -0.3 is 5.32 Å². The van der Waals surface area contributed by atoms with Gasteiger partial charge in [-0.3, -0.25) is 0 Å². The summed E-state index contributed by atoms with van der Waals surface area (Å²) in [6.07, 6.45) is 4.43. The fourth-order valence-corrected chi connectivity index (χ4v) is 2.26. The molecule has 1 fully saturated rings. The van der Waals surface area contributed by atoms with Gasteiger partial charge in [0.05, 0.1) is 17.1 Å². The number of aromatic nitrogens is 2. The number of nitrogens with zero attached hydrogens (tertiary/aromatic N) is 2. The zero-order valence-electron chi connectivity index (χ0n) is 8.89. The second-order valence-electron chi connectivity index (χ2n) is 3.99. The van der Waals surface area contributed by atoms with Gasteiger partial charge in [-0.15, -0.1) is 11.3 Å². The van der Waals surface area contributed by atoms with Crippen molar-refractivity contribution < 1.29 is 0 Å². The molecule has 0 spiro atoms. The van der Waals surface area contributed by atoms with Crippen LogP contribution in [-0.4, -0.2) is 16.0 Å². The van der Waals surface area contributed by atoms with Crippen molar-refractivity contribution in [2.24, 2.45) is 0 Å². The number of hydrogen-bond donors (Lipinski definition) is 1. The van der Waals surface area contributed by atoms with Gasteiger partial charge in [0.25, 0.3) is 0 Å². The molecule has 1 saturated carbocycles. The Morgan fingerprint density at radius 1 is 1.38 bits per heavy atom. The summed E-state index contributed by atoms with van der Waals surface area (Å²) in [7, 11) is 0. The summed E-state index contributed by atoms with van der Waals surface area (Å²) in [5.41, 5.74) is 1.03. The molecule has 3 rings (SSSR count). The van der Waals surface area contributed by atoms with Crippen LogP contribution in [0.1, 0.15) is 18.7 Å². The third kappa shape index (κ3) is 2.28. The van der Waals surface area contributed by atoms with Crippen molar-refractivity contribution >= 4 is 11.3 Å². The van der Waals surface area contributed by atoms with E-state index in [2.05, 4.69) is 26.7 Å². The Bertz CT molecular complexity index is 463. The SMILES string of the molecule is c1csc(-c2ccnc(CNC3CC3)n2)c1. The number of nitrogens with one attached hydrogen (secondary N) is 1. The van der Waals surface area contributed by atoms with Crippen LogP contribution in [0.5, 0.6) is 0 Å². The van der Waals surface area contributed by atoms with E-state index in [1.807, 2.05) is 18.3 Å². The molecule has 0 atom stereocenters. The highest BCUT2D eigenvalue weighted by Crippen LogP contribution is 2.22. The highest BCUT2D eigenvalue weighted by molar-refractivity contribution is 7.13. The van der Waals surface area contributed by atoms with Gasteiger partial charge in [0, 0.05) is 12.2 Å². The molecule has 16 heavy (non-hydrogen) atoms. The first kappa shape index (κ1) is 9.93. The summed E-state index contributed by atoms with van der Waals surface area (Å²) in [6, 6.07) is 6.80. The summed E-state index contributed by atoms with van der Waals surface area (Å²) in [5, 5.41) is 5.49. The second kappa shape index (κ2) is 4.31. The van der Waals surface area contributed by atoms with Crippen LogP contribution in [0.4, 0.5) is 0 Å². The molecule has 0 bridgehead atoms. The molecule has 2 aromatic heterocycles. The molecule has 2 heterocycles. The van der Waals surface area contributed by atoms with E-state index in [-0.39, 0.29) is 0 Å². The standard InChI is InChI=1S/C12H13N3S/c1-2-11(16-7-1)10-5-6-13-12(15-10)8-14-9-3-4-9/h1-2,5-7,9,14H,3-4,8H2. The Kier molecular flexibility index (Phi) is 2.68. The summed E-state index contributed by atoms with van der Waals surface area (Å²) in [4.78, 5) is 10.0. The fourth-order valence-electron chi connectivity index (χ4n) is 1.57. The van der Waals surface area contributed by atoms with Crippen molar-refractivity contribution in [3.05, 3.63) is 35.6 Å². The van der Waals surface area contributed by atoms with Crippen LogP contribution in [0.25, 0.3) is 10.6 Å². The highest BCUT2D eigenvalue weighted by Gasteiger charge is 2.20. The Labute approximate surface area is 98.6 Å². The van der Waals surface area contributed by atoms with Crippen LogP contribution in [0.3, 0.4) is 0 Å². The Hall–Kier alpha value is -1.26. The van der Waals surface area contributed by atoms with Gasteiger partial charge in [-0.05, 0) is 30.4 Å². The van der Waals surface area contributed by atoms with E-state index in [9.17, 15) is 0 Å². The lowest BCUT2D eigenvalue weighted by Gasteiger charge is -2.03. The van der Waals surface area contributed by atoms with Crippen molar-refractivity contribution in [3.8, 4) is 10.6 Å². The summed E-state index contributed by atoms with van der Waals surface area (Å²) in [5.74, 6) is 0.887. The summed E-state index contributed by atoms with van der Waals surface area (Å²) >= 11 is 1.71. The molecule has 1 aliphatic rings. The minimum atomic E-state index is 0.703. The zero-order chi connectivity index (χ0) is 10.8. The fraction of sp³-hybridized carbons (Fsp3) is 0.333. The van der Waals surface area contributed by atoms with Crippen LogP contribution in [0.2, 0.25) is 0 Å². The first-order valence-corrected chi connectivity index (χ1v) is 6.39. The monoisotopic (exact) mass is 231 g/mol. The van der Waals surface area contributed by atoms with E-state index >= 15 is 0 Å². The molecule has 0 amide bonds. The Balaban J connectivity index is 1.76. The number of thiophene rings is 1. The topological polar surface area (TPSA) is 37.8 Å². The molecule has 0 aliphatic heterocycles. The van der Waals surface area contributed by atoms with Crippen molar-refractivity contribution in [1.82, 2.24) is 15.3 Å². The largest absolute Gasteiger partial charge is 0.307 e. The molecule has 2 aromatic rings. The first-order valence-electron chi connectivity index (χ1n) is 5.51. The Morgan fingerprint density at radius 2 is 2.31 bits per heavy atom. The minimum absolute atomic E-state index is 0.703. The maximum Gasteiger partial charge on any atom is 0.142 e. The molecule has 0 saturated heterocycles. The molecule has 4 heteroatoms. The minimum Gasteiger partial charge on any atom is -0.307 e. The van der Waals surface area contributed by atoms with E-state index in [1.165, 1.54) is 17.7 Å². The quantitative estimate of drug-likeness (QED) is 0.878. The van der Waals surface area contributed by atoms with Gasteiger partial charge in [0.2, 0.25) is 0 Å². The first-order chi connectivity index (χ1) is 7.92. The van der Waals surface area contributed by atoms with E-state index in [0.717, 1.165) is 18.1 Å². The zero-order valence-corrected chi connectivity index (χ0v) is 9.70. The van der Waals surface area contributed by atoms with Crippen molar-refractivity contribution in [3.63, 3.8) is 0 Å². The van der Waals surface area contributed by atoms with Gasteiger partial charge in [0.15, 0.2) is 0 Å². The van der Waals surface area contributed by atoms with E-state index in [4.69, 9.17) is 0 Å². The smallest absolute Gasteiger partial charge is 0.142 e. The molecule has 0 unspecified atom stereocenters. The maximum absolute atomic E-state index is 4.55. The maximum atomic E-state index is 4.55. The molecular formula is C12H13N3S. The van der Waals surface area contributed by atoms with Crippen molar-refractivity contribution in [2.75, 3.05) is 0 Å². The van der Waals surface area contributed by atoms with Gasteiger partial charge >= 0.3 is 0 Å². The van der Waals surface area contributed by atoms with Crippen molar-refractivity contribution in [2.45, 2.75) is 25.4 Å². The molecule has 3 nitrogen and oxygen atoms in total. The summed E-state index contributed by atoms with van der Waals surface area (Å²) in [6.45, 7) is 0.782. The van der Waals surface area contributed by atoms with Crippen LogP contribution in [0, 0.1) is 0 Å². The van der Waals surface area contributed by atoms with Gasteiger partial charge in [-0.1, -0.05) is 6.07 Å². The molecule has 0 radical (unpaired) electrons. The van der Waals surface area contributed by atoms with Gasteiger partial charge in [0.1, 0.15) is 5.82 Å². The normalized spacial score (nSPS) is 15.2. The summed E-state index contributed by atoms with van der Waals surface area (Å²) < 4.78 is 0. The molecule has 82 valence electrons. The van der Waals surface area contributed by atoms with Crippen molar-refractivity contribution in [1.29, 1.82) is 0 Å².